The second-order valence-corrected chi connectivity index (χ2v) is 7.79. The monoisotopic (exact) mass is 363 g/mol. The van der Waals surface area contributed by atoms with E-state index < -0.39 is 6.04 Å². The van der Waals surface area contributed by atoms with E-state index in [2.05, 4.69) is 4.99 Å². The van der Waals surface area contributed by atoms with Crippen molar-refractivity contribution in [2.75, 3.05) is 20.6 Å². The molecule has 1 unspecified atom stereocenters. The lowest BCUT2D eigenvalue weighted by atomic mass is 9.89. The van der Waals surface area contributed by atoms with Crippen LogP contribution in [0, 0.1) is 5.92 Å². The van der Waals surface area contributed by atoms with Crippen LogP contribution < -0.4 is 0 Å². The van der Waals surface area contributed by atoms with Gasteiger partial charge in [0.2, 0.25) is 0 Å². The molecule has 0 saturated heterocycles. The molecule has 1 aromatic rings. The van der Waals surface area contributed by atoms with E-state index in [0.717, 1.165) is 23.3 Å². The summed E-state index contributed by atoms with van der Waals surface area (Å²) in [5.41, 5.74) is 3.52. The first-order chi connectivity index (χ1) is 13.0. The molecule has 0 bridgehead atoms. The first-order valence-corrected chi connectivity index (χ1v) is 9.62. The van der Waals surface area contributed by atoms with Gasteiger partial charge in [0.25, 0.3) is 11.8 Å². The van der Waals surface area contributed by atoms with Gasteiger partial charge in [-0.05, 0) is 48.1 Å². The van der Waals surface area contributed by atoms with Gasteiger partial charge in [-0.3, -0.25) is 14.6 Å². The van der Waals surface area contributed by atoms with E-state index in [1.807, 2.05) is 41.4 Å². The van der Waals surface area contributed by atoms with E-state index in [1.54, 1.807) is 25.2 Å². The Morgan fingerprint density at radius 3 is 2.78 bits per heavy atom. The zero-order chi connectivity index (χ0) is 19.0. The number of hydrogen-bond acceptors (Lipinski definition) is 3. The summed E-state index contributed by atoms with van der Waals surface area (Å²) < 4.78 is 0. The maximum Gasteiger partial charge on any atom is 0.255 e. The highest BCUT2D eigenvalue weighted by molar-refractivity contribution is 6.04. The minimum Gasteiger partial charge on any atom is -0.345 e. The van der Waals surface area contributed by atoms with Crippen molar-refractivity contribution >= 4 is 23.6 Å². The summed E-state index contributed by atoms with van der Waals surface area (Å²) in [6, 6.07) is 7.19. The third-order valence-corrected chi connectivity index (χ3v) is 5.65. The second kappa shape index (κ2) is 7.14. The second-order valence-electron chi connectivity index (χ2n) is 7.79. The zero-order valence-electron chi connectivity index (χ0n) is 15.9. The molecule has 140 valence electrons. The fourth-order valence-corrected chi connectivity index (χ4v) is 4.20. The van der Waals surface area contributed by atoms with Crippen LogP contribution >= 0.6 is 0 Å². The van der Waals surface area contributed by atoms with Gasteiger partial charge in [-0.15, -0.1) is 0 Å². The molecule has 1 saturated carbocycles. The lowest BCUT2D eigenvalue weighted by Crippen LogP contribution is -2.41. The van der Waals surface area contributed by atoms with E-state index in [9.17, 15) is 9.59 Å². The van der Waals surface area contributed by atoms with Crippen LogP contribution in [-0.4, -0.2) is 54.5 Å². The van der Waals surface area contributed by atoms with Crippen molar-refractivity contribution in [3.63, 3.8) is 0 Å². The van der Waals surface area contributed by atoms with Crippen molar-refractivity contribution in [3.05, 3.63) is 53.2 Å². The summed E-state index contributed by atoms with van der Waals surface area (Å²) in [6.07, 6.45) is 10.5. The molecule has 2 heterocycles. The van der Waals surface area contributed by atoms with Crippen molar-refractivity contribution in [2.24, 2.45) is 10.9 Å². The van der Waals surface area contributed by atoms with E-state index in [-0.39, 0.29) is 11.8 Å². The van der Waals surface area contributed by atoms with Gasteiger partial charge in [-0.1, -0.05) is 25.0 Å². The number of aliphatic imine (C=N–C) groups is 1. The highest BCUT2D eigenvalue weighted by Crippen LogP contribution is 2.36. The lowest BCUT2D eigenvalue weighted by Gasteiger charge is -2.31. The van der Waals surface area contributed by atoms with Crippen molar-refractivity contribution < 1.29 is 9.59 Å². The van der Waals surface area contributed by atoms with Gasteiger partial charge in [-0.2, -0.15) is 0 Å². The highest BCUT2D eigenvalue weighted by atomic mass is 16.2. The van der Waals surface area contributed by atoms with Crippen molar-refractivity contribution in [1.82, 2.24) is 9.80 Å². The van der Waals surface area contributed by atoms with Gasteiger partial charge in [0.15, 0.2) is 6.04 Å². The van der Waals surface area contributed by atoms with Crippen LogP contribution in [0.1, 0.15) is 41.6 Å². The molecule has 1 aliphatic carbocycles. The number of carbonyl (C=O) groups is 2. The quantitative estimate of drug-likeness (QED) is 0.825. The smallest absolute Gasteiger partial charge is 0.255 e. The summed E-state index contributed by atoms with van der Waals surface area (Å²) in [5.74, 6) is 0.607. The average molecular weight is 363 g/mol. The first-order valence-electron chi connectivity index (χ1n) is 9.62. The predicted octanol–water partition coefficient (Wildman–Crippen LogP) is 3.14. The average Bonchev–Trinajstić information content (AvgIpc) is 3.35. The number of hydrogen-bond donors (Lipinski definition) is 0. The Kier molecular flexibility index (Phi) is 4.68. The molecule has 5 heteroatoms. The van der Waals surface area contributed by atoms with Crippen LogP contribution in [0.5, 0.6) is 0 Å². The first kappa shape index (κ1) is 17.7. The summed E-state index contributed by atoms with van der Waals surface area (Å²) >= 11 is 0. The Balaban J connectivity index is 1.70. The third-order valence-electron chi connectivity index (χ3n) is 5.65. The predicted molar refractivity (Wildman–Crippen MR) is 106 cm³/mol. The molecule has 0 spiro atoms. The SMILES string of the molecule is CN(C)C(=O)c1cccc(C2=CN(CC3CCCC3)C(=O)C3N=CC=C23)c1. The maximum atomic E-state index is 12.9. The highest BCUT2D eigenvalue weighted by Gasteiger charge is 2.36. The van der Waals surface area contributed by atoms with Crippen LogP contribution in [0.25, 0.3) is 5.57 Å². The molecule has 0 aromatic heterocycles. The third kappa shape index (κ3) is 3.34. The molecule has 1 atom stereocenters. The van der Waals surface area contributed by atoms with Gasteiger partial charge in [-0.25, -0.2) is 0 Å². The fourth-order valence-electron chi connectivity index (χ4n) is 4.20. The van der Waals surface area contributed by atoms with Crippen LogP contribution in [-0.2, 0) is 4.79 Å². The van der Waals surface area contributed by atoms with E-state index in [0.29, 0.717) is 11.5 Å². The topological polar surface area (TPSA) is 53.0 Å². The number of carbonyl (C=O) groups excluding carboxylic acids is 2. The summed E-state index contributed by atoms with van der Waals surface area (Å²) in [7, 11) is 3.50. The molecular weight excluding hydrogens is 338 g/mol. The summed E-state index contributed by atoms with van der Waals surface area (Å²) in [5, 5.41) is 0. The zero-order valence-corrected chi connectivity index (χ0v) is 15.9. The van der Waals surface area contributed by atoms with Gasteiger partial charge in [0.1, 0.15) is 0 Å². The molecular formula is C22H25N3O2. The fraction of sp³-hybridized carbons (Fsp3) is 0.409. The number of benzene rings is 1. The molecule has 2 aliphatic heterocycles. The number of amides is 2. The van der Waals surface area contributed by atoms with Crippen molar-refractivity contribution in [3.8, 4) is 0 Å². The number of fused-ring (bicyclic) bond motifs is 1. The van der Waals surface area contributed by atoms with Crippen LogP contribution in [0.3, 0.4) is 0 Å². The van der Waals surface area contributed by atoms with Gasteiger partial charge in [0, 0.05) is 44.2 Å². The van der Waals surface area contributed by atoms with Crippen LogP contribution in [0.2, 0.25) is 0 Å². The van der Waals surface area contributed by atoms with E-state index >= 15 is 0 Å². The Morgan fingerprint density at radius 2 is 2.04 bits per heavy atom. The number of nitrogens with zero attached hydrogens (tertiary/aromatic N) is 3. The van der Waals surface area contributed by atoms with Crippen molar-refractivity contribution in [2.45, 2.75) is 31.7 Å². The standard InChI is InChI=1S/C22H25N3O2/c1-24(2)21(26)17-9-5-8-16(12-17)19-14-25(13-15-6-3-4-7-15)22(27)20-18(19)10-11-23-20/h5,8-12,14-15,20H,3-4,6-7,13H2,1-2H3. The van der Waals surface area contributed by atoms with Gasteiger partial charge < -0.3 is 9.80 Å². The molecule has 0 N–H and O–H groups in total. The minimum atomic E-state index is -0.445. The lowest BCUT2D eigenvalue weighted by molar-refractivity contribution is -0.129. The molecule has 2 amide bonds. The van der Waals surface area contributed by atoms with Crippen molar-refractivity contribution in [1.29, 1.82) is 0 Å². The Hall–Kier alpha value is -2.69. The maximum absolute atomic E-state index is 12.9. The minimum absolute atomic E-state index is 0.0275. The Bertz CT molecular complexity index is 860. The number of allylic oxidation sites excluding steroid dienone is 1. The molecule has 4 rings (SSSR count). The summed E-state index contributed by atoms with van der Waals surface area (Å²) in [4.78, 5) is 33.1. The molecule has 27 heavy (non-hydrogen) atoms. The summed E-state index contributed by atoms with van der Waals surface area (Å²) in [6.45, 7) is 0.762. The number of rotatable bonds is 4. The van der Waals surface area contributed by atoms with E-state index in [4.69, 9.17) is 0 Å². The van der Waals surface area contributed by atoms with Gasteiger partial charge in [0.05, 0.1) is 0 Å². The molecule has 0 radical (unpaired) electrons. The molecule has 3 aliphatic rings. The van der Waals surface area contributed by atoms with Crippen LogP contribution in [0.15, 0.2) is 47.1 Å². The molecule has 1 aromatic carbocycles. The van der Waals surface area contributed by atoms with Crippen LogP contribution in [0.4, 0.5) is 0 Å². The Morgan fingerprint density at radius 1 is 1.26 bits per heavy atom. The molecule has 1 fully saturated rings. The Labute approximate surface area is 160 Å². The van der Waals surface area contributed by atoms with Gasteiger partial charge >= 0.3 is 0 Å². The normalized spacial score (nSPS) is 21.9. The van der Waals surface area contributed by atoms with E-state index in [1.165, 1.54) is 25.7 Å². The largest absolute Gasteiger partial charge is 0.345 e. The molecule has 5 nitrogen and oxygen atoms in total.